The van der Waals surface area contributed by atoms with Crippen molar-refractivity contribution in [2.24, 2.45) is 0 Å². The zero-order chi connectivity index (χ0) is 24.0. The van der Waals surface area contributed by atoms with Crippen LogP contribution in [0.3, 0.4) is 0 Å². The molecule has 1 saturated heterocycles. The van der Waals surface area contributed by atoms with E-state index in [1.54, 1.807) is 50.2 Å². The van der Waals surface area contributed by atoms with Gasteiger partial charge in [-0.05, 0) is 37.1 Å². The molecular weight excluding hydrogens is 444 g/mol. The maximum absolute atomic E-state index is 13.2. The van der Waals surface area contributed by atoms with E-state index in [1.807, 2.05) is 29.2 Å². The zero-order valence-electron chi connectivity index (χ0n) is 19.2. The Morgan fingerprint density at radius 1 is 1.00 bits per heavy atom. The van der Waals surface area contributed by atoms with E-state index in [4.69, 9.17) is 9.47 Å². The molecule has 9 heteroatoms. The van der Waals surface area contributed by atoms with Crippen LogP contribution in [-0.4, -0.2) is 55.9 Å². The number of carbonyl (C=O) groups excluding carboxylic acids is 1. The second-order valence-electron chi connectivity index (χ2n) is 8.21. The molecule has 1 aromatic carbocycles. The molecule has 1 aliphatic rings. The standard InChI is InChI=1S/C26H24N6O3/c1-34-21-5-2-6-22(10-21)35-25-15-27-14-24(31-25)19-4-3-9-32(16-19)26(33)18-7-8-23(30-13-18)20-11-28-17-29-12-20/h2,5-8,10-15,17,19H,3-4,9,16H2,1H3. The smallest absolute Gasteiger partial charge is 0.255 e. The van der Waals surface area contributed by atoms with Gasteiger partial charge in [-0.2, -0.15) is 0 Å². The van der Waals surface area contributed by atoms with Gasteiger partial charge in [0.1, 0.15) is 17.8 Å². The van der Waals surface area contributed by atoms with E-state index in [2.05, 4.69) is 24.9 Å². The SMILES string of the molecule is COc1cccc(Oc2cncc(C3CCCN(C(=O)c4ccc(-c5cncnc5)nc4)C3)n2)c1. The van der Waals surface area contributed by atoms with Crippen LogP contribution in [0.5, 0.6) is 17.4 Å². The predicted molar refractivity (Wildman–Crippen MR) is 128 cm³/mol. The lowest BCUT2D eigenvalue weighted by Gasteiger charge is -2.32. The van der Waals surface area contributed by atoms with Gasteiger partial charge in [-0.25, -0.2) is 15.0 Å². The molecule has 0 spiro atoms. The molecule has 1 fully saturated rings. The highest BCUT2D eigenvalue weighted by molar-refractivity contribution is 5.94. The van der Waals surface area contributed by atoms with Crippen LogP contribution in [-0.2, 0) is 0 Å². The van der Waals surface area contributed by atoms with Crippen LogP contribution in [0.4, 0.5) is 0 Å². The number of ether oxygens (including phenoxy) is 2. The number of pyridine rings is 1. The highest BCUT2D eigenvalue weighted by Crippen LogP contribution is 2.29. The van der Waals surface area contributed by atoms with Crippen molar-refractivity contribution in [1.82, 2.24) is 29.8 Å². The van der Waals surface area contributed by atoms with E-state index in [0.717, 1.165) is 29.8 Å². The summed E-state index contributed by atoms with van der Waals surface area (Å²) in [5.74, 6) is 1.75. The van der Waals surface area contributed by atoms with Gasteiger partial charge in [-0.15, -0.1) is 0 Å². The number of rotatable bonds is 6. The Morgan fingerprint density at radius 2 is 1.86 bits per heavy atom. The third kappa shape index (κ3) is 5.24. The fraction of sp³-hybridized carbons (Fsp3) is 0.231. The van der Waals surface area contributed by atoms with Gasteiger partial charge in [-0.1, -0.05) is 6.07 Å². The number of hydrogen-bond acceptors (Lipinski definition) is 8. The summed E-state index contributed by atoms with van der Waals surface area (Å²) in [5.41, 5.74) is 2.88. The normalized spacial score (nSPS) is 15.5. The summed E-state index contributed by atoms with van der Waals surface area (Å²) < 4.78 is 11.1. The number of piperidine rings is 1. The van der Waals surface area contributed by atoms with Crippen LogP contribution < -0.4 is 9.47 Å². The molecule has 0 radical (unpaired) electrons. The van der Waals surface area contributed by atoms with Crippen molar-refractivity contribution in [2.75, 3.05) is 20.2 Å². The van der Waals surface area contributed by atoms with Gasteiger partial charge in [-0.3, -0.25) is 14.8 Å². The lowest BCUT2D eigenvalue weighted by atomic mass is 9.94. The Hall–Kier alpha value is -4.40. The van der Waals surface area contributed by atoms with Crippen molar-refractivity contribution in [1.29, 1.82) is 0 Å². The first-order chi connectivity index (χ1) is 17.2. The summed E-state index contributed by atoms with van der Waals surface area (Å²) in [4.78, 5) is 36.5. The Bertz CT molecular complexity index is 1300. The summed E-state index contributed by atoms with van der Waals surface area (Å²) in [5, 5.41) is 0. The quantitative estimate of drug-likeness (QED) is 0.416. The van der Waals surface area contributed by atoms with E-state index in [-0.39, 0.29) is 11.8 Å². The highest BCUT2D eigenvalue weighted by atomic mass is 16.5. The fourth-order valence-electron chi connectivity index (χ4n) is 4.10. The second-order valence-corrected chi connectivity index (χ2v) is 8.21. The summed E-state index contributed by atoms with van der Waals surface area (Å²) in [6.45, 7) is 1.25. The monoisotopic (exact) mass is 468 g/mol. The molecule has 0 saturated carbocycles. The number of carbonyl (C=O) groups is 1. The molecule has 4 heterocycles. The summed E-state index contributed by atoms with van der Waals surface area (Å²) in [6.07, 6.45) is 11.6. The Balaban J connectivity index is 1.27. The lowest BCUT2D eigenvalue weighted by molar-refractivity contribution is 0.0705. The molecule has 0 bridgehead atoms. The van der Waals surface area contributed by atoms with E-state index < -0.39 is 0 Å². The van der Waals surface area contributed by atoms with Crippen LogP contribution in [0.2, 0.25) is 0 Å². The average Bonchev–Trinajstić information content (AvgIpc) is 2.93. The largest absolute Gasteiger partial charge is 0.497 e. The van der Waals surface area contributed by atoms with Gasteiger partial charge in [0.05, 0.1) is 30.3 Å². The van der Waals surface area contributed by atoms with E-state index in [1.165, 1.54) is 6.33 Å². The second kappa shape index (κ2) is 10.3. The minimum atomic E-state index is -0.0465. The third-order valence-corrected chi connectivity index (χ3v) is 5.89. The minimum absolute atomic E-state index is 0.0465. The minimum Gasteiger partial charge on any atom is -0.497 e. The molecule has 1 aliphatic heterocycles. The van der Waals surface area contributed by atoms with Crippen molar-refractivity contribution in [2.45, 2.75) is 18.8 Å². The highest BCUT2D eigenvalue weighted by Gasteiger charge is 2.27. The van der Waals surface area contributed by atoms with Gasteiger partial charge >= 0.3 is 0 Å². The number of nitrogens with zero attached hydrogens (tertiary/aromatic N) is 6. The van der Waals surface area contributed by atoms with Crippen molar-refractivity contribution in [3.05, 3.63) is 85.0 Å². The first-order valence-electron chi connectivity index (χ1n) is 11.3. The Labute approximate surface area is 202 Å². The Kier molecular flexibility index (Phi) is 6.56. The van der Waals surface area contributed by atoms with Crippen LogP contribution >= 0.6 is 0 Å². The maximum Gasteiger partial charge on any atom is 0.255 e. The molecule has 1 unspecified atom stereocenters. The first-order valence-corrected chi connectivity index (χ1v) is 11.3. The van der Waals surface area contributed by atoms with Crippen molar-refractivity contribution in [3.63, 3.8) is 0 Å². The number of benzene rings is 1. The number of amides is 1. The molecule has 4 aromatic rings. The number of hydrogen-bond donors (Lipinski definition) is 0. The zero-order valence-corrected chi connectivity index (χ0v) is 19.2. The number of aromatic nitrogens is 5. The predicted octanol–water partition coefficient (Wildman–Crippen LogP) is 4.15. The van der Waals surface area contributed by atoms with E-state index in [9.17, 15) is 4.79 Å². The van der Waals surface area contributed by atoms with Gasteiger partial charge in [0.15, 0.2) is 0 Å². The molecule has 0 aliphatic carbocycles. The molecule has 3 aromatic heterocycles. The molecule has 35 heavy (non-hydrogen) atoms. The number of likely N-dealkylation sites (tertiary alicyclic amines) is 1. The van der Waals surface area contributed by atoms with Gasteiger partial charge in [0.25, 0.3) is 5.91 Å². The summed E-state index contributed by atoms with van der Waals surface area (Å²) in [6, 6.07) is 10.9. The van der Waals surface area contributed by atoms with Crippen LogP contribution in [0, 0.1) is 0 Å². The molecular formula is C26H24N6O3. The van der Waals surface area contributed by atoms with Crippen molar-refractivity contribution >= 4 is 5.91 Å². The maximum atomic E-state index is 13.2. The van der Waals surface area contributed by atoms with Crippen LogP contribution in [0.25, 0.3) is 11.3 Å². The molecule has 5 rings (SSSR count). The van der Waals surface area contributed by atoms with Gasteiger partial charge in [0.2, 0.25) is 5.88 Å². The average molecular weight is 469 g/mol. The van der Waals surface area contributed by atoms with Gasteiger partial charge < -0.3 is 14.4 Å². The topological polar surface area (TPSA) is 103 Å². The summed E-state index contributed by atoms with van der Waals surface area (Å²) in [7, 11) is 1.61. The van der Waals surface area contributed by atoms with Crippen molar-refractivity contribution in [3.8, 4) is 28.6 Å². The third-order valence-electron chi connectivity index (χ3n) is 5.89. The van der Waals surface area contributed by atoms with Crippen LogP contribution in [0.15, 0.2) is 73.7 Å². The molecule has 9 nitrogen and oxygen atoms in total. The lowest BCUT2D eigenvalue weighted by Crippen LogP contribution is -2.39. The fourth-order valence-corrected chi connectivity index (χ4v) is 4.10. The summed E-state index contributed by atoms with van der Waals surface area (Å²) >= 11 is 0. The van der Waals surface area contributed by atoms with Crippen LogP contribution in [0.1, 0.15) is 34.8 Å². The number of methoxy groups -OCH3 is 1. The Morgan fingerprint density at radius 3 is 2.66 bits per heavy atom. The van der Waals surface area contributed by atoms with E-state index in [0.29, 0.717) is 36.0 Å². The van der Waals surface area contributed by atoms with E-state index >= 15 is 0 Å². The first kappa shape index (κ1) is 22.4. The molecule has 176 valence electrons. The van der Waals surface area contributed by atoms with Crippen molar-refractivity contribution < 1.29 is 14.3 Å². The van der Waals surface area contributed by atoms with Gasteiger partial charge in [0, 0.05) is 55.4 Å². The molecule has 1 atom stereocenters. The molecule has 1 amide bonds. The molecule has 0 N–H and O–H groups in total.